The highest BCUT2D eigenvalue weighted by atomic mass is 16.2. The van der Waals surface area contributed by atoms with E-state index in [0.29, 0.717) is 24.9 Å². The number of hydrogen-bond acceptors (Lipinski definition) is 3. The maximum atomic E-state index is 12.9. The van der Waals surface area contributed by atoms with Crippen molar-refractivity contribution in [2.75, 3.05) is 6.54 Å². The number of fused-ring (bicyclic) bond motifs is 2. The van der Waals surface area contributed by atoms with Crippen LogP contribution in [0.4, 0.5) is 0 Å². The minimum atomic E-state index is -0.283. The van der Waals surface area contributed by atoms with E-state index in [0.717, 1.165) is 17.9 Å². The number of nitrogens with two attached hydrogens (primary N) is 2. The zero-order chi connectivity index (χ0) is 17.1. The Labute approximate surface area is 144 Å². The van der Waals surface area contributed by atoms with Crippen LogP contribution in [0.1, 0.15) is 43.2 Å². The van der Waals surface area contributed by atoms with Crippen LogP contribution in [0.15, 0.2) is 30.3 Å². The topological polar surface area (TPSA) is 72.3 Å². The molecular formula is C20H29N3O. The van der Waals surface area contributed by atoms with Crippen LogP contribution in [0.5, 0.6) is 0 Å². The van der Waals surface area contributed by atoms with E-state index >= 15 is 0 Å². The Balaban J connectivity index is 1.74. The van der Waals surface area contributed by atoms with Crippen molar-refractivity contribution in [2.24, 2.45) is 23.3 Å². The lowest BCUT2D eigenvalue weighted by molar-refractivity contribution is -0.132. The summed E-state index contributed by atoms with van der Waals surface area (Å²) in [4.78, 5) is 14.8. The minimum Gasteiger partial charge on any atom is -0.330 e. The molecule has 0 radical (unpaired) electrons. The van der Waals surface area contributed by atoms with Crippen LogP contribution in [0.2, 0.25) is 0 Å². The van der Waals surface area contributed by atoms with Crippen LogP contribution in [0.3, 0.4) is 0 Å². The maximum absolute atomic E-state index is 12.9. The van der Waals surface area contributed by atoms with Crippen molar-refractivity contribution in [3.05, 3.63) is 41.5 Å². The number of carbonyl (C=O) groups excluding carboxylic acids is 1. The monoisotopic (exact) mass is 327 g/mol. The number of rotatable bonds is 6. The van der Waals surface area contributed by atoms with Gasteiger partial charge in [-0.05, 0) is 62.6 Å². The number of nitrogens with zero attached hydrogens (tertiary/aromatic N) is 1. The molecule has 2 aliphatic rings. The zero-order valence-electron chi connectivity index (χ0n) is 14.5. The highest BCUT2D eigenvalue weighted by molar-refractivity contribution is 5.92. The van der Waals surface area contributed by atoms with Crippen molar-refractivity contribution in [3.63, 3.8) is 0 Å². The van der Waals surface area contributed by atoms with Crippen LogP contribution in [0, 0.1) is 18.8 Å². The van der Waals surface area contributed by atoms with Gasteiger partial charge in [-0.3, -0.25) is 4.79 Å². The van der Waals surface area contributed by atoms with Gasteiger partial charge in [-0.1, -0.05) is 36.2 Å². The molecule has 24 heavy (non-hydrogen) atoms. The molecule has 4 N–H and O–H groups in total. The standard InChI is InChI=1S/C20H29N3O/c1-14-2-4-15(5-3-14)7-9-20(24)23(19(22)10-11-21)18-13-16-6-8-17(18)12-16/h2-5,7,9,16-19H,6,8,10-13,21-22H2,1H3/b9-7+. The van der Waals surface area contributed by atoms with Crippen molar-refractivity contribution in [2.45, 2.75) is 51.2 Å². The number of aryl methyl sites for hydroxylation is 1. The molecule has 0 saturated heterocycles. The summed E-state index contributed by atoms with van der Waals surface area (Å²) in [6.07, 6.45) is 8.83. The predicted octanol–water partition coefficient (Wildman–Crippen LogP) is 2.66. The van der Waals surface area contributed by atoms with Gasteiger partial charge in [0.05, 0.1) is 6.17 Å². The van der Waals surface area contributed by atoms with Gasteiger partial charge in [0.1, 0.15) is 0 Å². The molecule has 1 aromatic carbocycles. The Hall–Kier alpha value is -1.65. The summed E-state index contributed by atoms with van der Waals surface area (Å²) in [5, 5.41) is 0. The fraction of sp³-hybridized carbons (Fsp3) is 0.550. The van der Waals surface area contributed by atoms with Gasteiger partial charge in [-0.25, -0.2) is 0 Å². The van der Waals surface area contributed by atoms with Gasteiger partial charge in [-0.2, -0.15) is 0 Å². The SMILES string of the molecule is Cc1ccc(/C=C/C(=O)N(C(N)CCN)C2CC3CCC2C3)cc1. The highest BCUT2D eigenvalue weighted by Gasteiger charge is 2.44. The summed E-state index contributed by atoms with van der Waals surface area (Å²) < 4.78 is 0. The van der Waals surface area contributed by atoms with E-state index < -0.39 is 0 Å². The third-order valence-corrected chi connectivity index (χ3v) is 5.63. The van der Waals surface area contributed by atoms with Gasteiger partial charge >= 0.3 is 0 Å². The Bertz CT molecular complexity index is 595. The van der Waals surface area contributed by atoms with E-state index in [1.807, 2.05) is 23.1 Å². The molecule has 2 bridgehead atoms. The second-order valence-corrected chi connectivity index (χ2v) is 7.38. The van der Waals surface area contributed by atoms with Gasteiger partial charge in [-0.15, -0.1) is 0 Å². The molecule has 4 unspecified atom stereocenters. The molecule has 130 valence electrons. The third kappa shape index (κ3) is 3.70. The maximum Gasteiger partial charge on any atom is 0.248 e. The summed E-state index contributed by atoms with van der Waals surface area (Å²) in [6, 6.07) is 8.46. The zero-order valence-corrected chi connectivity index (χ0v) is 14.5. The quantitative estimate of drug-likeness (QED) is 0.623. The Morgan fingerprint density at radius 3 is 2.62 bits per heavy atom. The minimum absolute atomic E-state index is 0.0223. The number of amides is 1. The van der Waals surface area contributed by atoms with Crippen molar-refractivity contribution >= 4 is 12.0 Å². The summed E-state index contributed by atoms with van der Waals surface area (Å²) >= 11 is 0. The van der Waals surface area contributed by atoms with Crippen LogP contribution >= 0.6 is 0 Å². The molecule has 0 aromatic heterocycles. The molecule has 4 nitrogen and oxygen atoms in total. The second-order valence-electron chi connectivity index (χ2n) is 7.38. The Morgan fingerprint density at radius 1 is 1.29 bits per heavy atom. The van der Waals surface area contributed by atoms with Gasteiger partial charge in [0, 0.05) is 12.1 Å². The molecule has 1 amide bonds. The van der Waals surface area contributed by atoms with Crippen molar-refractivity contribution < 1.29 is 4.79 Å². The third-order valence-electron chi connectivity index (χ3n) is 5.63. The largest absolute Gasteiger partial charge is 0.330 e. The van der Waals surface area contributed by atoms with Gasteiger partial charge in [0.15, 0.2) is 0 Å². The molecule has 3 rings (SSSR count). The van der Waals surface area contributed by atoms with E-state index in [9.17, 15) is 4.79 Å². The smallest absolute Gasteiger partial charge is 0.248 e. The van der Waals surface area contributed by atoms with Gasteiger partial charge < -0.3 is 16.4 Å². The van der Waals surface area contributed by atoms with Crippen molar-refractivity contribution in [1.29, 1.82) is 0 Å². The van der Waals surface area contributed by atoms with Crippen LogP contribution in [-0.4, -0.2) is 29.6 Å². The Morgan fingerprint density at radius 2 is 2.04 bits per heavy atom. The molecule has 2 saturated carbocycles. The molecule has 0 aliphatic heterocycles. The average Bonchev–Trinajstić information content (AvgIpc) is 3.18. The lowest BCUT2D eigenvalue weighted by Crippen LogP contribution is -2.53. The molecule has 2 fully saturated rings. The van der Waals surface area contributed by atoms with E-state index in [1.165, 1.54) is 24.8 Å². The fourth-order valence-corrected chi connectivity index (χ4v) is 4.37. The normalized spacial score (nSPS) is 26.9. The molecule has 2 aliphatic carbocycles. The summed E-state index contributed by atoms with van der Waals surface area (Å²) in [5.74, 6) is 1.42. The summed E-state index contributed by atoms with van der Waals surface area (Å²) in [7, 11) is 0. The van der Waals surface area contributed by atoms with E-state index in [-0.39, 0.29) is 12.1 Å². The Kier molecular flexibility index (Phi) is 5.36. The van der Waals surface area contributed by atoms with E-state index in [2.05, 4.69) is 19.1 Å². The molecule has 0 heterocycles. The number of carbonyl (C=O) groups is 1. The van der Waals surface area contributed by atoms with Crippen molar-refractivity contribution in [1.82, 2.24) is 4.90 Å². The first-order chi connectivity index (χ1) is 11.6. The van der Waals surface area contributed by atoms with E-state index in [4.69, 9.17) is 11.5 Å². The van der Waals surface area contributed by atoms with Crippen molar-refractivity contribution in [3.8, 4) is 0 Å². The number of benzene rings is 1. The molecule has 1 aromatic rings. The summed E-state index contributed by atoms with van der Waals surface area (Å²) in [6.45, 7) is 2.56. The first kappa shape index (κ1) is 17.2. The first-order valence-corrected chi connectivity index (χ1v) is 9.11. The molecule has 4 atom stereocenters. The lowest BCUT2D eigenvalue weighted by Gasteiger charge is -2.38. The summed E-state index contributed by atoms with van der Waals surface area (Å²) in [5.41, 5.74) is 14.3. The van der Waals surface area contributed by atoms with Crippen LogP contribution in [0.25, 0.3) is 6.08 Å². The van der Waals surface area contributed by atoms with Crippen LogP contribution < -0.4 is 11.5 Å². The highest BCUT2D eigenvalue weighted by Crippen LogP contribution is 2.47. The number of hydrogen-bond donors (Lipinski definition) is 2. The molecule has 4 heteroatoms. The molecule has 0 spiro atoms. The first-order valence-electron chi connectivity index (χ1n) is 9.11. The molecular weight excluding hydrogens is 298 g/mol. The van der Waals surface area contributed by atoms with Crippen LogP contribution in [-0.2, 0) is 4.79 Å². The second kappa shape index (κ2) is 7.49. The lowest BCUT2D eigenvalue weighted by atomic mass is 9.93. The predicted molar refractivity (Wildman–Crippen MR) is 97.9 cm³/mol. The average molecular weight is 327 g/mol. The van der Waals surface area contributed by atoms with Gasteiger partial charge in [0.25, 0.3) is 0 Å². The van der Waals surface area contributed by atoms with Gasteiger partial charge in [0.2, 0.25) is 5.91 Å². The fourth-order valence-electron chi connectivity index (χ4n) is 4.37. The van der Waals surface area contributed by atoms with E-state index in [1.54, 1.807) is 6.08 Å².